The Balaban J connectivity index is 2.20. The molecule has 2 aromatic carbocycles. The Labute approximate surface area is 124 Å². The SMILES string of the molecule is CC[C@H](O)c1ccc(Oc2ccc(C#N)cc2OC)cc1. The van der Waals surface area contributed by atoms with E-state index in [1.54, 1.807) is 30.3 Å². The predicted molar refractivity (Wildman–Crippen MR) is 79.5 cm³/mol. The van der Waals surface area contributed by atoms with Crippen molar-refractivity contribution in [2.24, 2.45) is 0 Å². The smallest absolute Gasteiger partial charge is 0.169 e. The monoisotopic (exact) mass is 283 g/mol. The number of rotatable bonds is 5. The van der Waals surface area contributed by atoms with E-state index in [1.165, 1.54) is 7.11 Å². The Kier molecular flexibility index (Phi) is 4.81. The number of nitrogens with zero attached hydrogens (tertiary/aromatic N) is 1. The van der Waals surface area contributed by atoms with Gasteiger partial charge in [-0.3, -0.25) is 0 Å². The lowest BCUT2D eigenvalue weighted by atomic mass is 10.1. The molecule has 0 aliphatic carbocycles. The summed E-state index contributed by atoms with van der Waals surface area (Å²) in [5.74, 6) is 1.69. The topological polar surface area (TPSA) is 62.5 Å². The molecule has 0 radical (unpaired) electrons. The third-order valence-corrected chi connectivity index (χ3v) is 3.17. The Morgan fingerprint density at radius 1 is 1.14 bits per heavy atom. The lowest BCUT2D eigenvalue weighted by molar-refractivity contribution is 0.173. The van der Waals surface area contributed by atoms with Crippen LogP contribution in [0.5, 0.6) is 17.2 Å². The molecule has 0 fully saturated rings. The fraction of sp³-hybridized carbons (Fsp3) is 0.235. The summed E-state index contributed by atoms with van der Waals surface area (Å²) in [4.78, 5) is 0. The van der Waals surface area contributed by atoms with Crippen molar-refractivity contribution in [2.45, 2.75) is 19.4 Å². The van der Waals surface area contributed by atoms with E-state index in [1.807, 2.05) is 19.1 Å². The minimum Gasteiger partial charge on any atom is -0.493 e. The first kappa shape index (κ1) is 14.9. The minimum absolute atomic E-state index is 0.455. The van der Waals surface area contributed by atoms with Gasteiger partial charge in [0.2, 0.25) is 0 Å². The summed E-state index contributed by atoms with van der Waals surface area (Å²) in [5.41, 5.74) is 1.37. The van der Waals surface area contributed by atoms with Crippen LogP contribution in [0.25, 0.3) is 0 Å². The number of ether oxygens (including phenoxy) is 2. The fourth-order valence-electron chi connectivity index (χ4n) is 1.94. The van der Waals surface area contributed by atoms with E-state index in [9.17, 15) is 5.11 Å². The third kappa shape index (κ3) is 3.53. The highest BCUT2D eigenvalue weighted by atomic mass is 16.5. The maximum absolute atomic E-state index is 9.76. The third-order valence-electron chi connectivity index (χ3n) is 3.17. The van der Waals surface area contributed by atoms with Crippen LogP contribution in [0.3, 0.4) is 0 Å². The van der Waals surface area contributed by atoms with Crippen molar-refractivity contribution in [2.75, 3.05) is 7.11 Å². The molecule has 0 heterocycles. The van der Waals surface area contributed by atoms with Crippen molar-refractivity contribution in [3.8, 4) is 23.3 Å². The van der Waals surface area contributed by atoms with Gasteiger partial charge in [-0.2, -0.15) is 5.26 Å². The van der Waals surface area contributed by atoms with Gasteiger partial charge in [0.1, 0.15) is 5.75 Å². The normalized spacial score (nSPS) is 11.5. The molecule has 0 amide bonds. The van der Waals surface area contributed by atoms with Crippen molar-refractivity contribution in [1.82, 2.24) is 0 Å². The summed E-state index contributed by atoms with van der Waals surface area (Å²) in [6.07, 6.45) is 0.215. The summed E-state index contributed by atoms with van der Waals surface area (Å²) >= 11 is 0. The Hall–Kier alpha value is -2.51. The van der Waals surface area contributed by atoms with Gasteiger partial charge in [-0.05, 0) is 36.2 Å². The Morgan fingerprint density at radius 3 is 2.43 bits per heavy atom. The molecule has 0 unspecified atom stereocenters. The maximum atomic E-state index is 9.76. The molecule has 0 saturated carbocycles. The van der Waals surface area contributed by atoms with E-state index in [0.717, 1.165) is 5.56 Å². The molecular weight excluding hydrogens is 266 g/mol. The van der Waals surface area contributed by atoms with Crippen molar-refractivity contribution in [1.29, 1.82) is 5.26 Å². The summed E-state index contributed by atoms with van der Waals surface area (Å²) in [6.45, 7) is 1.93. The summed E-state index contributed by atoms with van der Waals surface area (Å²) in [6, 6.07) is 14.3. The van der Waals surface area contributed by atoms with Crippen LogP contribution in [-0.4, -0.2) is 12.2 Å². The molecular formula is C17H17NO3. The molecule has 4 heteroatoms. The lowest BCUT2D eigenvalue weighted by Crippen LogP contribution is -1.95. The fourth-order valence-corrected chi connectivity index (χ4v) is 1.94. The second-order valence-electron chi connectivity index (χ2n) is 4.57. The van der Waals surface area contributed by atoms with Gasteiger partial charge < -0.3 is 14.6 Å². The van der Waals surface area contributed by atoms with Gasteiger partial charge in [-0.1, -0.05) is 19.1 Å². The molecule has 2 rings (SSSR count). The molecule has 1 N–H and O–H groups in total. The number of hydrogen-bond acceptors (Lipinski definition) is 4. The van der Waals surface area contributed by atoms with Gasteiger partial charge in [0, 0.05) is 6.07 Å². The number of aliphatic hydroxyl groups is 1. The second kappa shape index (κ2) is 6.78. The molecule has 0 aromatic heterocycles. The van der Waals surface area contributed by atoms with Gasteiger partial charge in [0.15, 0.2) is 11.5 Å². The van der Waals surface area contributed by atoms with Gasteiger partial charge in [-0.15, -0.1) is 0 Å². The highest BCUT2D eigenvalue weighted by Crippen LogP contribution is 2.32. The highest BCUT2D eigenvalue weighted by molar-refractivity contribution is 5.48. The molecule has 0 aliphatic rings. The number of benzene rings is 2. The van der Waals surface area contributed by atoms with E-state index < -0.39 is 6.10 Å². The summed E-state index contributed by atoms with van der Waals surface area (Å²) in [7, 11) is 1.53. The second-order valence-corrected chi connectivity index (χ2v) is 4.57. The van der Waals surface area contributed by atoms with Gasteiger partial charge >= 0.3 is 0 Å². The largest absolute Gasteiger partial charge is 0.493 e. The van der Waals surface area contributed by atoms with E-state index in [2.05, 4.69) is 6.07 Å². The van der Waals surface area contributed by atoms with Crippen LogP contribution in [0, 0.1) is 11.3 Å². The quantitative estimate of drug-likeness (QED) is 0.906. The number of hydrogen-bond donors (Lipinski definition) is 1. The average Bonchev–Trinajstić information content (AvgIpc) is 2.55. The van der Waals surface area contributed by atoms with E-state index in [0.29, 0.717) is 29.2 Å². The minimum atomic E-state index is -0.455. The predicted octanol–water partition coefficient (Wildman–Crippen LogP) is 3.80. The number of nitriles is 1. The standard InChI is InChI=1S/C17H17NO3/c1-3-15(19)13-5-7-14(8-6-13)21-16-9-4-12(11-18)10-17(16)20-2/h4-10,15,19H,3H2,1-2H3/t15-/m0/s1. The molecule has 0 aliphatic heterocycles. The number of methoxy groups -OCH3 is 1. The van der Waals surface area contributed by atoms with Crippen LogP contribution >= 0.6 is 0 Å². The van der Waals surface area contributed by atoms with Crippen LogP contribution in [0.4, 0.5) is 0 Å². The first-order chi connectivity index (χ1) is 10.2. The summed E-state index contributed by atoms with van der Waals surface area (Å²) in [5, 5.41) is 18.6. The van der Waals surface area contributed by atoms with E-state index in [-0.39, 0.29) is 0 Å². The van der Waals surface area contributed by atoms with Gasteiger partial charge in [-0.25, -0.2) is 0 Å². The van der Waals surface area contributed by atoms with Crippen LogP contribution in [0.2, 0.25) is 0 Å². The lowest BCUT2D eigenvalue weighted by Gasteiger charge is -2.12. The molecule has 4 nitrogen and oxygen atoms in total. The molecule has 0 bridgehead atoms. The van der Waals surface area contributed by atoms with Crippen molar-refractivity contribution in [3.63, 3.8) is 0 Å². The van der Waals surface area contributed by atoms with Crippen molar-refractivity contribution >= 4 is 0 Å². The first-order valence-electron chi connectivity index (χ1n) is 6.72. The van der Waals surface area contributed by atoms with Crippen LogP contribution < -0.4 is 9.47 Å². The maximum Gasteiger partial charge on any atom is 0.169 e. The molecule has 2 aromatic rings. The Bertz CT molecular complexity index is 644. The molecule has 0 saturated heterocycles. The van der Waals surface area contributed by atoms with E-state index in [4.69, 9.17) is 14.7 Å². The summed E-state index contributed by atoms with van der Waals surface area (Å²) < 4.78 is 11.0. The molecule has 21 heavy (non-hydrogen) atoms. The van der Waals surface area contributed by atoms with Crippen LogP contribution in [0.1, 0.15) is 30.6 Å². The van der Waals surface area contributed by atoms with Crippen LogP contribution in [-0.2, 0) is 0 Å². The zero-order valence-electron chi connectivity index (χ0n) is 12.0. The average molecular weight is 283 g/mol. The van der Waals surface area contributed by atoms with Gasteiger partial charge in [0.05, 0.1) is 24.8 Å². The zero-order chi connectivity index (χ0) is 15.2. The first-order valence-corrected chi connectivity index (χ1v) is 6.72. The molecule has 108 valence electrons. The van der Waals surface area contributed by atoms with Crippen molar-refractivity contribution in [3.05, 3.63) is 53.6 Å². The zero-order valence-corrected chi connectivity index (χ0v) is 12.0. The van der Waals surface area contributed by atoms with E-state index >= 15 is 0 Å². The highest BCUT2D eigenvalue weighted by Gasteiger charge is 2.08. The van der Waals surface area contributed by atoms with Gasteiger partial charge in [0.25, 0.3) is 0 Å². The molecule has 1 atom stereocenters. The van der Waals surface area contributed by atoms with Crippen molar-refractivity contribution < 1.29 is 14.6 Å². The number of aliphatic hydroxyl groups excluding tert-OH is 1. The Morgan fingerprint density at radius 2 is 1.86 bits per heavy atom. The van der Waals surface area contributed by atoms with Crippen LogP contribution in [0.15, 0.2) is 42.5 Å². The molecule has 0 spiro atoms.